The van der Waals surface area contributed by atoms with Gasteiger partial charge in [0.1, 0.15) is 0 Å². The molecule has 2 nitrogen and oxygen atoms in total. The molecular weight excluding hydrogens is 304 g/mol. The fourth-order valence-electron chi connectivity index (χ4n) is 1.95. The van der Waals surface area contributed by atoms with E-state index in [9.17, 15) is 4.79 Å². The van der Waals surface area contributed by atoms with Gasteiger partial charge in [0.2, 0.25) is 0 Å². The highest BCUT2D eigenvalue weighted by Gasteiger charge is 2.15. The first kappa shape index (κ1) is 13.8. The monoisotopic (exact) mass is 318 g/mol. The molecule has 0 aromatic heterocycles. The van der Waals surface area contributed by atoms with Gasteiger partial charge in [-0.2, -0.15) is 0 Å². The Morgan fingerprint density at radius 2 is 1.89 bits per heavy atom. The molecule has 0 atom stereocenters. The number of hydrogen-bond donors (Lipinski definition) is 0. The summed E-state index contributed by atoms with van der Waals surface area (Å²) in [4.78, 5) is 12.1. The van der Waals surface area contributed by atoms with Crippen molar-refractivity contribution in [3.05, 3.63) is 58.1 Å². The minimum atomic E-state index is -0.281. The molecule has 0 heterocycles. The van der Waals surface area contributed by atoms with E-state index in [1.165, 1.54) is 0 Å². The second-order valence-electron chi connectivity index (χ2n) is 4.25. The molecule has 0 amide bonds. The maximum absolute atomic E-state index is 12.1. The van der Waals surface area contributed by atoms with E-state index in [2.05, 4.69) is 15.9 Å². The summed E-state index contributed by atoms with van der Waals surface area (Å²) in [5.41, 5.74) is 3.52. The number of rotatable bonds is 3. The van der Waals surface area contributed by atoms with Crippen LogP contribution in [0, 0.1) is 6.92 Å². The number of carbonyl (C=O) groups excluding carboxylic acids is 1. The molecule has 0 spiro atoms. The lowest BCUT2D eigenvalue weighted by Crippen LogP contribution is -2.07. The number of ether oxygens (including phenoxy) is 1. The van der Waals surface area contributed by atoms with Crippen molar-refractivity contribution in [2.75, 3.05) is 6.61 Å². The number of halogens is 1. The molecule has 0 fully saturated rings. The highest BCUT2D eigenvalue weighted by atomic mass is 79.9. The Bertz CT molecular complexity index is 605. The van der Waals surface area contributed by atoms with Crippen LogP contribution in [0.25, 0.3) is 11.1 Å². The predicted octanol–water partition coefficient (Wildman–Crippen LogP) is 4.60. The minimum Gasteiger partial charge on any atom is -0.462 e. The molecule has 19 heavy (non-hydrogen) atoms. The van der Waals surface area contributed by atoms with Gasteiger partial charge in [-0.05, 0) is 37.1 Å². The van der Waals surface area contributed by atoms with Gasteiger partial charge < -0.3 is 4.74 Å². The van der Waals surface area contributed by atoms with Crippen LogP contribution in [-0.4, -0.2) is 12.6 Å². The average Bonchev–Trinajstić information content (AvgIpc) is 2.40. The largest absolute Gasteiger partial charge is 0.462 e. The van der Waals surface area contributed by atoms with Gasteiger partial charge in [-0.15, -0.1) is 0 Å². The maximum Gasteiger partial charge on any atom is 0.338 e. The Morgan fingerprint density at radius 3 is 2.58 bits per heavy atom. The van der Waals surface area contributed by atoms with E-state index in [4.69, 9.17) is 4.74 Å². The smallest absolute Gasteiger partial charge is 0.338 e. The predicted molar refractivity (Wildman–Crippen MR) is 80.3 cm³/mol. The van der Waals surface area contributed by atoms with Crippen LogP contribution in [0.1, 0.15) is 22.8 Å². The molecule has 2 aromatic carbocycles. The second-order valence-corrected chi connectivity index (χ2v) is 5.10. The molecule has 0 aliphatic carbocycles. The number of benzene rings is 2. The van der Waals surface area contributed by atoms with Gasteiger partial charge in [0.25, 0.3) is 0 Å². The Hall–Kier alpha value is -1.61. The standard InChI is InChI=1S/C16H15BrO2/c1-3-19-16(18)14-10-11(2)8-9-12(14)13-6-4-5-7-15(13)17/h4-10H,3H2,1-2H3. The van der Waals surface area contributed by atoms with Crippen LogP contribution in [0.4, 0.5) is 0 Å². The van der Waals surface area contributed by atoms with E-state index in [0.717, 1.165) is 21.2 Å². The highest BCUT2D eigenvalue weighted by molar-refractivity contribution is 9.10. The lowest BCUT2D eigenvalue weighted by Gasteiger charge is -2.11. The van der Waals surface area contributed by atoms with Crippen LogP contribution >= 0.6 is 15.9 Å². The van der Waals surface area contributed by atoms with Crippen molar-refractivity contribution in [2.24, 2.45) is 0 Å². The van der Waals surface area contributed by atoms with Crippen LogP contribution in [0.3, 0.4) is 0 Å². The zero-order valence-electron chi connectivity index (χ0n) is 10.9. The fraction of sp³-hybridized carbons (Fsp3) is 0.188. The number of carbonyl (C=O) groups is 1. The van der Waals surface area contributed by atoms with Gasteiger partial charge in [-0.1, -0.05) is 51.8 Å². The van der Waals surface area contributed by atoms with Crippen molar-refractivity contribution < 1.29 is 9.53 Å². The van der Waals surface area contributed by atoms with Crippen LogP contribution in [0.15, 0.2) is 46.9 Å². The summed E-state index contributed by atoms with van der Waals surface area (Å²) in [6.07, 6.45) is 0. The second kappa shape index (κ2) is 6.02. The highest BCUT2D eigenvalue weighted by Crippen LogP contribution is 2.31. The summed E-state index contributed by atoms with van der Waals surface area (Å²) in [5.74, 6) is -0.281. The summed E-state index contributed by atoms with van der Waals surface area (Å²) >= 11 is 3.52. The first-order valence-electron chi connectivity index (χ1n) is 6.16. The minimum absolute atomic E-state index is 0.281. The molecule has 0 radical (unpaired) electrons. The lowest BCUT2D eigenvalue weighted by molar-refractivity contribution is 0.0527. The molecule has 2 aromatic rings. The molecule has 0 aliphatic heterocycles. The van der Waals surface area contributed by atoms with Crippen molar-refractivity contribution in [3.63, 3.8) is 0 Å². The normalized spacial score (nSPS) is 10.3. The van der Waals surface area contributed by atoms with E-state index in [1.54, 1.807) is 0 Å². The van der Waals surface area contributed by atoms with Crippen LogP contribution in [0.5, 0.6) is 0 Å². The summed E-state index contributed by atoms with van der Waals surface area (Å²) in [6.45, 7) is 4.15. The lowest BCUT2D eigenvalue weighted by atomic mass is 9.98. The number of hydrogen-bond acceptors (Lipinski definition) is 2. The zero-order chi connectivity index (χ0) is 13.8. The van der Waals surface area contributed by atoms with Crippen LogP contribution in [-0.2, 0) is 4.74 Å². The Morgan fingerprint density at radius 1 is 1.16 bits per heavy atom. The molecule has 0 bridgehead atoms. The van der Waals surface area contributed by atoms with Gasteiger partial charge >= 0.3 is 5.97 Å². The third kappa shape index (κ3) is 3.04. The summed E-state index contributed by atoms with van der Waals surface area (Å²) in [6, 6.07) is 13.7. The third-order valence-corrected chi connectivity index (χ3v) is 3.53. The Labute approximate surface area is 121 Å². The summed E-state index contributed by atoms with van der Waals surface area (Å²) in [7, 11) is 0. The van der Waals surface area contributed by atoms with Gasteiger partial charge in [-0.3, -0.25) is 0 Å². The van der Waals surface area contributed by atoms with Crippen molar-refractivity contribution in [2.45, 2.75) is 13.8 Å². The summed E-state index contributed by atoms with van der Waals surface area (Å²) in [5, 5.41) is 0. The quantitative estimate of drug-likeness (QED) is 0.773. The molecule has 0 unspecified atom stereocenters. The van der Waals surface area contributed by atoms with Gasteiger partial charge in [0, 0.05) is 4.47 Å². The molecule has 98 valence electrons. The third-order valence-electron chi connectivity index (χ3n) is 2.83. The van der Waals surface area contributed by atoms with Crippen LogP contribution < -0.4 is 0 Å². The van der Waals surface area contributed by atoms with E-state index in [1.807, 2.05) is 56.3 Å². The van der Waals surface area contributed by atoms with Crippen molar-refractivity contribution in [3.8, 4) is 11.1 Å². The van der Waals surface area contributed by atoms with E-state index in [0.29, 0.717) is 12.2 Å². The molecule has 0 saturated heterocycles. The van der Waals surface area contributed by atoms with Crippen molar-refractivity contribution in [1.82, 2.24) is 0 Å². The van der Waals surface area contributed by atoms with E-state index < -0.39 is 0 Å². The fourth-order valence-corrected chi connectivity index (χ4v) is 2.45. The van der Waals surface area contributed by atoms with Gasteiger partial charge in [0.05, 0.1) is 12.2 Å². The first-order chi connectivity index (χ1) is 9.13. The van der Waals surface area contributed by atoms with Gasteiger partial charge in [0.15, 0.2) is 0 Å². The molecule has 2 rings (SSSR count). The molecule has 0 N–H and O–H groups in total. The zero-order valence-corrected chi connectivity index (χ0v) is 12.5. The number of esters is 1. The topological polar surface area (TPSA) is 26.3 Å². The summed E-state index contributed by atoms with van der Waals surface area (Å²) < 4.78 is 6.09. The average molecular weight is 319 g/mol. The van der Waals surface area contributed by atoms with E-state index in [-0.39, 0.29) is 5.97 Å². The van der Waals surface area contributed by atoms with Gasteiger partial charge in [-0.25, -0.2) is 4.79 Å². The molecule has 0 aliphatic rings. The Balaban J connectivity index is 2.57. The maximum atomic E-state index is 12.1. The van der Waals surface area contributed by atoms with E-state index >= 15 is 0 Å². The Kier molecular flexibility index (Phi) is 4.38. The molecule has 0 saturated carbocycles. The van der Waals surface area contributed by atoms with Crippen LogP contribution in [0.2, 0.25) is 0 Å². The molecular formula is C16H15BrO2. The van der Waals surface area contributed by atoms with Crippen molar-refractivity contribution in [1.29, 1.82) is 0 Å². The number of aryl methyl sites for hydroxylation is 1. The molecule has 3 heteroatoms. The van der Waals surface area contributed by atoms with Crippen molar-refractivity contribution >= 4 is 21.9 Å². The SMILES string of the molecule is CCOC(=O)c1cc(C)ccc1-c1ccccc1Br. The first-order valence-corrected chi connectivity index (χ1v) is 6.95.